The molecular formula is C15H22N2S. The molecule has 3 heteroatoms. The highest BCUT2D eigenvalue weighted by Crippen LogP contribution is 2.21. The van der Waals surface area contributed by atoms with Crippen LogP contribution in [-0.4, -0.2) is 17.0 Å². The van der Waals surface area contributed by atoms with E-state index in [1.165, 1.54) is 24.2 Å². The maximum atomic E-state index is 4.72. The van der Waals surface area contributed by atoms with Crippen LogP contribution in [0.1, 0.15) is 38.7 Å². The van der Waals surface area contributed by atoms with E-state index >= 15 is 0 Å². The van der Waals surface area contributed by atoms with Crippen molar-refractivity contribution in [2.24, 2.45) is 4.99 Å². The molecule has 18 heavy (non-hydrogen) atoms. The van der Waals surface area contributed by atoms with Crippen molar-refractivity contribution < 1.29 is 0 Å². The average Bonchev–Trinajstić information content (AvgIpc) is 2.42. The van der Waals surface area contributed by atoms with Gasteiger partial charge in [-0.2, -0.15) is 0 Å². The number of aliphatic imine (C=N–C) groups is 1. The number of anilines is 1. The van der Waals surface area contributed by atoms with Gasteiger partial charge in [0.05, 0.1) is 6.04 Å². The summed E-state index contributed by atoms with van der Waals surface area (Å²) in [4.78, 5) is 4.72. The number of benzene rings is 1. The molecule has 0 aromatic heterocycles. The van der Waals surface area contributed by atoms with Gasteiger partial charge in [-0.25, -0.2) is 0 Å². The molecule has 0 fully saturated rings. The van der Waals surface area contributed by atoms with Gasteiger partial charge in [-0.05, 0) is 37.0 Å². The quantitative estimate of drug-likeness (QED) is 0.873. The molecule has 0 spiro atoms. The summed E-state index contributed by atoms with van der Waals surface area (Å²) in [5, 5.41) is 4.51. The highest BCUT2D eigenvalue weighted by molar-refractivity contribution is 8.14. The first-order valence-corrected chi connectivity index (χ1v) is 7.87. The van der Waals surface area contributed by atoms with Crippen molar-refractivity contribution in [3.63, 3.8) is 0 Å². The van der Waals surface area contributed by atoms with Gasteiger partial charge in [-0.1, -0.05) is 44.2 Å². The molecule has 2 rings (SSSR count). The van der Waals surface area contributed by atoms with E-state index in [9.17, 15) is 0 Å². The molecule has 0 aliphatic carbocycles. The van der Waals surface area contributed by atoms with Gasteiger partial charge in [-0.15, -0.1) is 0 Å². The fourth-order valence-electron chi connectivity index (χ4n) is 2.09. The third-order valence-corrected chi connectivity index (χ3v) is 4.13. The lowest BCUT2D eigenvalue weighted by atomic mass is 10.1. The summed E-state index contributed by atoms with van der Waals surface area (Å²) in [6.45, 7) is 4.42. The molecule has 1 heterocycles. The lowest BCUT2D eigenvalue weighted by molar-refractivity contribution is 0.634. The van der Waals surface area contributed by atoms with Crippen LogP contribution >= 0.6 is 11.8 Å². The number of hydrogen-bond acceptors (Lipinski definition) is 3. The second-order valence-corrected chi connectivity index (χ2v) is 5.79. The molecule has 0 saturated carbocycles. The van der Waals surface area contributed by atoms with Crippen LogP contribution in [0.5, 0.6) is 0 Å². The fraction of sp³-hybridized carbons (Fsp3) is 0.533. The topological polar surface area (TPSA) is 24.4 Å². The van der Waals surface area contributed by atoms with Crippen LogP contribution in [0.4, 0.5) is 5.69 Å². The van der Waals surface area contributed by atoms with Crippen molar-refractivity contribution in [3.05, 3.63) is 29.8 Å². The van der Waals surface area contributed by atoms with Crippen LogP contribution in [0.2, 0.25) is 0 Å². The normalized spacial score (nSPS) is 19.4. The fourth-order valence-corrected chi connectivity index (χ4v) is 3.09. The third kappa shape index (κ3) is 3.77. The largest absolute Gasteiger partial charge is 0.335 e. The van der Waals surface area contributed by atoms with E-state index in [1.54, 1.807) is 0 Å². The van der Waals surface area contributed by atoms with Gasteiger partial charge in [0.1, 0.15) is 0 Å². The summed E-state index contributed by atoms with van der Waals surface area (Å²) in [7, 11) is 0. The van der Waals surface area contributed by atoms with E-state index in [-0.39, 0.29) is 0 Å². The Morgan fingerprint density at radius 3 is 2.72 bits per heavy atom. The van der Waals surface area contributed by atoms with E-state index in [0.717, 1.165) is 23.7 Å². The molecule has 1 aromatic carbocycles. The SMILES string of the molecule is CCCc1ccc(NC2=NC(CC)CCS2)cc1. The molecule has 1 N–H and O–H groups in total. The summed E-state index contributed by atoms with van der Waals surface area (Å²) in [6, 6.07) is 9.23. The van der Waals surface area contributed by atoms with Gasteiger partial charge < -0.3 is 5.32 Å². The summed E-state index contributed by atoms with van der Waals surface area (Å²) in [6.07, 6.45) is 4.71. The molecule has 0 bridgehead atoms. The Kier molecular flexibility index (Phi) is 5.12. The van der Waals surface area contributed by atoms with Crippen molar-refractivity contribution in [2.45, 2.75) is 45.6 Å². The summed E-state index contributed by atoms with van der Waals surface area (Å²) < 4.78 is 0. The van der Waals surface area contributed by atoms with Gasteiger partial charge in [0.25, 0.3) is 0 Å². The van der Waals surface area contributed by atoms with E-state index in [1.807, 2.05) is 11.8 Å². The number of nitrogens with zero attached hydrogens (tertiary/aromatic N) is 1. The van der Waals surface area contributed by atoms with E-state index < -0.39 is 0 Å². The van der Waals surface area contributed by atoms with Crippen LogP contribution in [0.15, 0.2) is 29.3 Å². The van der Waals surface area contributed by atoms with Gasteiger partial charge in [0.15, 0.2) is 5.17 Å². The predicted molar refractivity (Wildman–Crippen MR) is 82.6 cm³/mol. The standard InChI is InChI=1S/C15H22N2S/c1-3-5-12-6-8-14(9-7-12)17-15-16-13(4-2)10-11-18-15/h6-9,13H,3-5,10-11H2,1-2H3,(H,16,17). The van der Waals surface area contributed by atoms with Gasteiger partial charge in [0, 0.05) is 11.4 Å². The molecule has 1 aromatic rings. The number of thioether (sulfide) groups is 1. The second kappa shape index (κ2) is 6.83. The van der Waals surface area contributed by atoms with Crippen LogP contribution < -0.4 is 5.32 Å². The molecule has 2 nitrogen and oxygen atoms in total. The number of hydrogen-bond donors (Lipinski definition) is 1. The summed E-state index contributed by atoms with van der Waals surface area (Å²) >= 11 is 1.83. The second-order valence-electron chi connectivity index (χ2n) is 4.71. The Balaban J connectivity index is 1.98. The molecule has 0 radical (unpaired) electrons. The molecule has 1 unspecified atom stereocenters. The van der Waals surface area contributed by atoms with Crippen molar-refractivity contribution in [1.29, 1.82) is 0 Å². The smallest absolute Gasteiger partial charge is 0.161 e. The first-order valence-electron chi connectivity index (χ1n) is 6.88. The number of aryl methyl sites for hydroxylation is 1. The van der Waals surface area contributed by atoms with Crippen LogP contribution in [-0.2, 0) is 6.42 Å². The highest BCUT2D eigenvalue weighted by Gasteiger charge is 2.13. The minimum absolute atomic E-state index is 0.508. The lowest BCUT2D eigenvalue weighted by Gasteiger charge is -2.19. The van der Waals surface area contributed by atoms with Gasteiger partial charge in [-0.3, -0.25) is 4.99 Å². The van der Waals surface area contributed by atoms with Gasteiger partial charge >= 0.3 is 0 Å². The predicted octanol–water partition coefficient (Wildman–Crippen LogP) is 4.32. The highest BCUT2D eigenvalue weighted by atomic mass is 32.2. The van der Waals surface area contributed by atoms with Gasteiger partial charge in [0.2, 0.25) is 0 Å². The minimum Gasteiger partial charge on any atom is -0.335 e. The zero-order valence-corrected chi connectivity index (χ0v) is 12.1. The zero-order chi connectivity index (χ0) is 12.8. The molecule has 98 valence electrons. The minimum atomic E-state index is 0.508. The Hall–Kier alpha value is -0.960. The summed E-state index contributed by atoms with van der Waals surface area (Å²) in [5.74, 6) is 1.18. The molecule has 1 aliphatic heterocycles. The lowest BCUT2D eigenvalue weighted by Crippen LogP contribution is -2.19. The zero-order valence-electron chi connectivity index (χ0n) is 11.3. The number of rotatable bonds is 4. The molecule has 0 amide bonds. The van der Waals surface area contributed by atoms with Crippen LogP contribution in [0, 0.1) is 0 Å². The molecule has 1 atom stereocenters. The molecule has 0 saturated heterocycles. The van der Waals surface area contributed by atoms with Crippen molar-refractivity contribution in [3.8, 4) is 0 Å². The Labute approximate surface area is 114 Å². The Morgan fingerprint density at radius 2 is 2.06 bits per heavy atom. The Morgan fingerprint density at radius 1 is 1.28 bits per heavy atom. The van der Waals surface area contributed by atoms with Crippen LogP contribution in [0.25, 0.3) is 0 Å². The third-order valence-electron chi connectivity index (χ3n) is 3.20. The van der Waals surface area contributed by atoms with E-state index in [2.05, 4.69) is 43.4 Å². The molecule has 1 aliphatic rings. The number of amidine groups is 1. The molecular weight excluding hydrogens is 240 g/mol. The first kappa shape index (κ1) is 13.5. The number of nitrogens with one attached hydrogen (secondary N) is 1. The van der Waals surface area contributed by atoms with E-state index in [0.29, 0.717) is 6.04 Å². The maximum Gasteiger partial charge on any atom is 0.161 e. The average molecular weight is 262 g/mol. The van der Waals surface area contributed by atoms with Crippen molar-refractivity contribution in [2.75, 3.05) is 11.1 Å². The van der Waals surface area contributed by atoms with E-state index in [4.69, 9.17) is 4.99 Å². The Bertz CT molecular complexity index is 397. The van der Waals surface area contributed by atoms with Crippen molar-refractivity contribution in [1.82, 2.24) is 0 Å². The monoisotopic (exact) mass is 262 g/mol. The van der Waals surface area contributed by atoms with Crippen LogP contribution in [0.3, 0.4) is 0 Å². The van der Waals surface area contributed by atoms with Crippen molar-refractivity contribution >= 4 is 22.6 Å². The summed E-state index contributed by atoms with van der Waals surface area (Å²) in [5.41, 5.74) is 2.56. The maximum absolute atomic E-state index is 4.72. The first-order chi connectivity index (χ1) is 8.81.